The van der Waals surface area contributed by atoms with E-state index in [2.05, 4.69) is 137 Å². The maximum atomic E-state index is 12.3. The molecule has 2 aromatic heterocycles. The van der Waals surface area contributed by atoms with Crippen molar-refractivity contribution in [2.45, 2.75) is 102 Å². The number of hydrogen-bond donors (Lipinski definition) is 1. The van der Waals surface area contributed by atoms with Gasteiger partial charge in [0, 0.05) is 48.4 Å². The van der Waals surface area contributed by atoms with Gasteiger partial charge in [-0.1, -0.05) is 118 Å². The van der Waals surface area contributed by atoms with E-state index in [0.29, 0.717) is 29.6 Å². The Morgan fingerprint density at radius 3 is 1.94 bits per heavy atom. The van der Waals surface area contributed by atoms with Crippen LogP contribution < -0.4 is 4.50 Å². The molecule has 2 aromatic carbocycles. The first-order chi connectivity index (χ1) is 21.4. The largest absolute Gasteiger partial charge is 0.512 e. The van der Waals surface area contributed by atoms with Crippen LogP contribution in [0.25, 0.3) is 32.2 Å². The third-order valence-electron chi connectivity index (χ3n) is 8.90. The number of aliphatic hydroxyl groups is 1. The smallest absolute Gasteiger partial charge is 0.162 e. The van der Waals surface area contributed by atoms with Gasteiger partial charge in [-0.2, -0.15) is 0 Å². The number of ketones is 1. The number of aryl methyl sites for hydroxylation is 1. The maximum Gasteiger partial charge on any atom is 0.162 e. The van der Waals surface area contributed by atoms with E-state index >= 15 is 0 Å². The number of carbonyl (C=O) groups excluding carboxylic acids is 1. The average molecular weight is 850 g/mol. The second-order valence-electron chi connectivity index (χ2n) is 15.5. The van der Waals surface area contributed by atoms with Crippen molar-refractivity contribution in [2.75, 3.05) is 0 Å². The minimum absolute atomic E-state index is 0. The quantitative estimate of drug-likeness (QED) is 0.0747. The first-order valence-electron chi connectivity index (χ1n) is 17.0. The van der Waals surface area contributed by atoms with Gasteiger partial charge in [0.05, 0.1) is 19.3 Å². The zero-order valence-corrected chi connectivity index (χ0v) is 35.3. The van der Waals surface area contributed by atoms with Gasteiger partial charge >= 0.3 is 0 Å². The molecule has 0 spiro atoms. The summed E-state index contributed by atoms with van der Waals surface area (Å²) in [6.07, 6.45) is 3.19. The summed E-state index contributed by atoms with van der Waals surface area (Å²) in [6.45, 7) is 30.5. The van der Waals surface area contributed by atoms with Crippen LogP contribution in [0.15, 0.2) is 48.5 Å². The van der Waals surface area contributed by atoms with Crippen LogP contribution in [0.2, 0.25) is 19.6 Å². The number of hydrogen-bond acceptors (Lipinski definition) is 5. The molecule has 4 nitrogen and oxygen atoms in total. The van der Waals surface area contributed by atoms with Crippen molar-refractivity contribution in [1.82, 2.24) is 9.97 Å². The van der Waals surface area contributed by atoms with E-state index in [1.807, 2.05) is 11.3 Å². The van der Waals surface area contributed by atoms with Gasteiger partial charge in [-0.25, -0.2) is 4.98 Å². The molecule has 0 unspecified atom stereocenters. The molecule has 0 amide bonds. The van der Waals surface area contributed by atoms with E-state index in [-0.39, 0.29) is 43.5 Å². The number of thiophene rings is 1. The molecule has 0 aliphatic heterocycles. The van der Waals surface area contributed by atoms with Crippen molar-refractivity contribution in [3.05, 3.63) is 65.7 Å². The number of benzene rings is 2. The Kier molecular flexibility index (Phi) is 14.8. The van der Waals surface area contributed by atoms with Gasteiger partial charge in [0.2, 0.25) is 0 Å². The molecule has 0 aliphatic carbocycles. The number of rotatable bonds is 10. The minimum atomic E-state index is -1.42. The van der Waals surface area contributed by atoms with E-state index < -0.39 is 8.07 Å². The van der Waals surface area contributed by atoms with Crippen LogP contribution in [-0.4, -0.2) is 28.9 Å². The van der Waals surface area contributed by atoms with Gasteiger partial charge in [0.1, 0.15) is 6.33 Å². The molecule has 2 heterocycles. The van der Waals surface area contributed by atoms with Gasteiger partial charge in [-0.3, -0.25) is 9.78 Å². The Labute approximate surface area is 303 Å². The van der Waals surface area contributed by atoms with E-state index in [1.165, 1.54) is 31.8 Å². The predicted molar refractivity (Wildman–Crippen MR) is 203 cm³/mol. The molecule has 1 N–H and O–H groups in total. The summed E-state index contributed by atoms with van der Waals surface area (Å²) in [6, 6.07) is 14.4. The van der Waals surface area contributed by atoms with Gasteiger partial charge in [-0.15, -0.1) is 40.5 Å². The predicted octanol–water partition coefficient (Wildman–Crippen LogP) is 11.1. The van der Waals surface area contributed by atoms with E-state index in [0.717, 1.165) is 22.2 Å². The molecule has 0 atom stereocenters. The molecule has 0 saturated carbocycles. The number of allylic oxidation sites excluding steroid dienone is 2. The summed E-state index contributed by atoms with van der Waals surface area (Å²) < 4.78 is 2.72. The van der Waals surface area contributed by atoms with Gasteiger partial charge < -0.3 is 5.11 Å². The van der Waals surface area contributed by atoms with Crippen LogP contribution in [0.5, 0.6) is 0 Å². The Morgan fingerprint density at radius 1 is 0.872 bits per heavy atom. The monoisotopic (exact) mass is 850 g/mol. The van der Waals surface area contributed by atoms with Gasteiger partial charge in [0.25, 0.3) is 0 Å². The molecule has 0 saturated heterocycles. The Hall–Kier alpha value is -2.18. The molecular weight excluding hydrogens is 793 g/mol. The second kappa shape index (κ2) is 17.0. The molecular formula is C40H57IrN2O2SSi-. The Bertz CT molecular complexity index is 1670. The number of carbonyl (C=O) groups is 1. The summed E-state index contributed by atoms with van der Waals surface area (Å²) in [5, 5.41) is 12.7. The topological polar surface area (TPSA) is 63.1 Å². The summed E-state index contributed by atoms with van der Waals surface area (Å²) >= 11 is 1.89. The third-order valence-corrected chi connectivity index (χ3v) is 13.9. The molecule has 7 heteroatoms. The first-order valence-corrected chi connectivity index (χ1v) is 21.3. The molecule has 0 fully saturated rings. The van der Waals surface area contributed by atoms with Crippen LogP contribution in [0.3, 0.4) is 0 Å². The van der Waals surface area contributed by atoms with Crippen molar-refractivity contribution in [3.63, 3.8) is 0 Å². The zero-order chi connectivity index (χ0) is 34.7. The molecule has 1 radical (unpaired) electrons. The fraction of sp³-hybridized carbons (Fsp3) is 0.525. The molecule has 4 rings (SSSR count). The van der Waals surface area contributed by atoms with Crippen LogP contribution in [0.4, 0.5) is 0 Å². The van der Waals surface area contributed by atoms with Crippen molar-refractivity contribution >= 4 is 50.7 Å². The van der Waals surface area contributed by atoms with Gasteiger partial charge in [0.15, 0.2) is 5.78 Å². The van der Waals surface area contributed by atoms with Crippen LogP contribution in [-0.2, 0) is 24.9 Å². The van der Waals surface area contributed by atoms with Crippen LogP contribution >= 0.6 is 11.3 Å². The van der Waals surface area contributed by atoms with Crippen LogP contribution in [0.1, 0.15) is 86.3 Å². The average Bonchev–Trinajstić information content (AvgIpc) is 3.29. The van der Waals surface area contributed by atoms with Gasteiger partial charge in [-0.05, 0) is 46.6 Å². The van der Waals surface area contributed by atoms with Crippen LogP contribution in [0, 0.1) is 48.5 Å². The van der Waals surface area contributed by atoms with Crippen molar-refractivity contribution < 1.29 is 30.0 Å². The third kappa shape index (κ3) is 9.71. The number of fused-ring (bicyclic) bond motifs is 2. The summed E-state index contributed by atoms with van der Waals surface area (Å²) in [7, 11) is -1.42. The maximum absolute atomic E-state index is 12.3. The number of aromatic nitrogens is 2. The molecule has 0 aliphatic rings. The summed E-state index contributed by atoms with van der Waals surface area (Å²) in [4.78, 5) is 21.7. The summed E-state index contributed by atoms with van der Waals surface area (Å²) in [5.41, 5.74) is 5.89. The van der Waals surface area contributed by atoms with Crippen molar-refractivity contribution in [1.29, 1.82) is 0 Å². The van der Waals surface area contributed by atoms with Crippen molar-refractivity contribution in [3.8, 4) is 11.3 Å². The number of nitrogens with zero attached hydrogens (tertiary/aromatic N) is 2. The first kappa shape index (κ1) is 41.0. The Balaban J connectivity index is 0.000000343. The molecule has 259 valence electrons. The normalized spacial score (nSPS) is 12.7. The van der Waals surface area contributed by atoms with Crippen molar-refractivity contribution in [2.24, 2.45) is 35.5 Å². The SMILES string of the molecule is CC(C)C(C(=O)/C=C(\O)C(C(C)C)C(C)C)C(C)C.Cc1c([Si](C)(C)C)sc2c(-c3[c-]c4ccccc4c(C(C)C)c3)ncnc12.[Ir]. The molecule has 0 bridgehead atoms. The van der Waals surface area contributed by atoms with E-state index in [4.69, 9.17) is 4.98 Å². The molecule has 4 aromatic rings. The second-order valence-corrected chi connectivity index (χ2v) is 21.9. The Morgan fingerprint density at radius 2 is 1.43 bits per heavy atom. The molecule has 47 heavy (non-hydrogen) atoms. The fourth-order valence-corrected chi connectivity index (χ4v) is 10.8. The standard InChI is InChI=1S/C23H25N2SSi.C17H32O2.Ir/c1-14(2)19-12-17(11-16-9-7-8-10-18(16)19)21-22-20(24-13-25-21)15(3)23(26-22)27(4,5)6;1-10(2)16(11(3)4)14(18)9-15(19)17(12(5)6)13(7)8;/h7-10,12-14H,1-6H3;9-13,16-18H,1-8H3;/q-1;;/b;14-9-;. The van der Waals surface area contributed by atoms with E-state index in [1.54, 1.807) is 6.33 Å². The van der Waals surface area contributed by atoms with E-state index in [9.17, 15) is 9.90 Å². The summed E-state index contributed by atoms with van der Waals surface area (Å²) in [5.74, 6) is 2.08. The number of aliphatic hydroxyl groups excluding tert-OH is 1. The minimum Gasteiger partial charge on any atom is -0.512 e. The zero-order valence-electron chi connectivity index (χ0n) is 31.1. The fourth-order valence-electron chi connectivity index (χ4n) is 7.01.